The lowest BCUT2D eigenvalue weighted by Crippen LogP contribution is -2.63. The molecule has 1 aromatic heterocycles. The molecule has 1 fully saturated rings. The number of rotatable bonds is 5. The van der Waals surface area contributed by atoms with E-state index in [1.807, 2.05) is 6.92 Å². The van der Waals surface area contributed by atoms with Gasteiger partial charge in [-0.3, -0.25) is 4.79 Å². The van der Waals surface area contributed by atoms with Gasteiger partial charge in [0.2, 0.25) is 0 Å². The number of β-amino-alcohol motifs (C(OH)–C–C–N with tert-alkyl or cyclic N) is 1. The van der Waals surface area contributed by atoms with Crippen molar-refractivity contribution >= 4 is 17.2 Å². The fraction of sp³-hybridized carbons (Fsp3) is 0.667. The molecule has 0 atom stereocenters. The van der Waals surface area contributed by atoms with Crippen molar-refractivity contribution in [3.63, 3.8) is 0 Å². The Morgan fingerprint density at radius 2 is 2.39 bits per heavy atom. The van der Waals surface area contributed by atoms with Crippen LogP contribution in [0.1, 0.15) is 35.3 Å². The van der Waals surface area contributed by atoms with Crippen molar-refractivity contribution in [3.05, 3.63) is 16.1 Å². The fourth-order valence-corrected chi connectivity index (χ4v) is 3.03. The van der Waals surface area contributed by atoms with Gasteiger partial charge >= 0.3 is 0 Å². The van der Waals surface area contributed by atoms with Crippen LogP contribution in [0, 0.1) is 0 Å². The van der Waals surface area contributed by atoms with Crippen LogP contribution in [0.5, 0.6) is 0 Å². The molecule has 1 aromatic rings. The van der Waals surface area contributed by atoms with E-state index >= 15 is 0 Å². The zero-order valence-electron chi connectivity index (χ0n) is 10.6. The summed E-state index contributed by atoms with van der Waals surface area (Å²) in [4.78, 5) is 18.0. The lowest BCUT2D eigenvalue weighted by molar-refractivity contribution is -0.0861. The second-order valence-corrected chi connectivity index (χ2v) is 5.74. The number of amides is 1. The maximum Gasteiger partial charge on any atom is 0.273 e. The van der Waals surface area contributed by atoms with Crippen molar-refractivity contribution in [1.82, 2.24) is 9.88 Å². The first kappa shape index (κ1) is 13.5. The molecule has 5 nitrogen and oxygen atoms in total. The molecule has 0 saturated carbocycles. The second kappa shape index (κ2) is 5.34. The first-order valence-corrected chi connectivity index (χ1v) is 7.12. The minimum absolute atomic E-state index is 0.0877. The summed E-state index contributed by atoms with van der Waals surface area (Å²) in [6.45, 7) is 3.41. The van der Waals surface area contributed by atoms with Gasteiger partial charge in [0.15, 0.2) is 0 Å². The van der Waals surface area contributed by atoms with E-state index in [4.69, 9.17) is 5.73 Å². The Balaban J connectivity index is 1.93. The van der Waals surface area contributed by atoms with Crippen LogP contribution < -0.4 is 5.73 Å². The van der Waals surface area contributed by atoms with Gasteiger partial charge in [0, 0.05) is 11.8 Å². The van der Waals surface area contributed by atoms with Gasteiger partial charge in [-0.05, 0) is 13.0 Å². The molecule has 3 N–H and O–H groups in total. The number of aliphatic hydroxyl groups is 1. The third-order valence-corrected chi connectivity index (χ3v) is 4.01. The zero-order valence-corrected chi connectivity index (χ0v) is 11.4. The van der Waals surface area contributed by atoms with E-state index in [0.717, 1.165) is 17.8 Å². The van der Waals surface area contributed by atoms with Crippen LogP contribution in [0.3, 0.4) is 0 Å². The molecule has 100 valence electrons. The molecular weight excluding hydrogens is 250 g/mol. The summed E-state index contributed by atoms with van der Waals surface area (Å²) < 4.78 is 0. The van der Waals surface area contributed by atoms with Gasteiger partial charge in [-0.15, -0.1) is 11.3 Å². The van der Waals surface area contributed by atoms with Crippen LogP contribution in [0.15, 0.2) is 5.38 Å². The van der Waals surface area contributed by atoms with Gasteiger partial charge in [0.05, 0.1) is 23.7 Å². The molecule has 0 aliphatic carbocycles. The highest BCUT2D eigenvalue weighted by Crippen LogP contribution is 2.27. The number of nitrogens with two attached hydrogens (primary N) is 1. The maximum atomic E-state index is 12.1. The van der Waals surface area contributed by atoms with E-state index in [0.29, 0.717) is 31.7 Å². The predicted octanol–water partition coefficient (Wildman–Crippen LogP) is 0.631. The number of carbonyl (C=O) groups is 1. The van der Waals surface area contributed by atoms with Crippen LogP contribution in [0.25, 0.3) is 0 Å². The van der Waals surface area contributed by atoms with Gasteiger partial charge < -0.3 is 15.7 Å². The van der Waals surface area contributed by atoms with Gasteiger partial charge in [0.1, 0.15) is 5.69 Å². The van der Waals surface area contributed by atoms with E-state index in [2.05, 4.69) is 4.98 Å². The molecule has 18 heavy (non-hydrogen) atoms. The van der Waals surface area contributed by atoms with Crippen molar-refractivity contribution in [2.45, 2.75) is 31.8 Å². The maximum absolute atomic E-state index is 12.1. The van der Waals surface area contributed by atoms with Crippen molar-refractivity contribution in [2.75, 3.05) is 19.6 Å². The standard InChI is InChI=1S/C12H19N3O2S/c1-2-4-12(17)7-15(8-12)11(16)9-6-18-10(14-9)3-5-13/h6,17H,2-5,7-8,13H2,1H3. The number of nitrogens with zero attached hydrogens (tertiary/aromatic N) is 2. The van der Waals surface area contributed by atoms with Crippen molar-refractivity contribution in [3.8, 4) is 0 Å². The highest BCUT2D eigenvalue weighted by molar-refractivity contribution is 7.09. The number of likely N-dealkylation sites (tertiary alicyclic amines) is 1. The van der Waals surface area contributed by atoms with Gasteiger partial charge in [-0.2, -0.15) is 0 Å². The number of carbonyl (C=O) groups excluding carboxylic acids is 1. The first-order valence-electron chi connectivity index (χ1n) is 6.24. The molecule has 0 unspecified atom stereocenters. The summed E-state index contributed by atoms with van der Waals surface area (Å²) in [5.41, 5.74) is 5.24. The lowest BCUT2D eigenvalue weighted by Gasteiger charge is -2.46. The average Bonchev–Trinajstić information content (AvgIpc) is 2.74. The van der Waals surface area contributed by atoms with E-state index < -0.39 is 5.60 Å². The van der Waals surface area contributed by atoms with E-state index in [9.17, 15) is 9.90 Å². The highest BCUT2D eigenvalue weighted by atomic mass is 32.1. The number of thiazole rings is 1. The Labute approximate surface area is 111 Å². The quantitative estimate of drug-likeness (QED) is 0.822. The molecule has 2 heterocycles. The summed E-state index contributed by atoms with van der Waals surface area (Å²) >= 11 is 1.46. The largest absolute Gasteiger partial charge is 0.386 e. The smallest absolute Gasteiger partial charge is 0.273 e. The predicted molar refractivity (Wildman–Crippen MR) is 70.6 cm³/mol. The van der Waals surface area contributed by atoms with Crippen molar-refractivity contribution in [2.24, 2.45) is 5.73 Å². The molecule has 6 heteroatoms. The summed E-state index contributed by atoms with van der Waals surface area (Å²) in [6, 6.07) is 0. The Morgan fingerprint density at radius 3 is 3.00 bits per heavy atom. The van der Waals surface area contributed by atoms with Gasteiger partial charge in [-0.25, -0.2) is 4.98 Å². The molecule has 1 saturated heterocycles. The molecule has 1 amide bonds. The van der Waals surface area contributed by atoms with Crippen molar-refractivity contribution < 1.29 is 9.90 Å². The first-order chi connectivity index (χ1) is 8.58. The summed E-state index contributed by atoms with van der Waals surface area (Å²) in [7, 11) is 0. The van der Waals surface area contributed by atoms with Crippen LogP contribution in [-0.4, -0.2) is 46.1 Å². The van der Waals surface area contributed by atoms with E-state index in [-0.39, 0.29) is 5.91 Å². The normalized spacial score (nSPS) is 17.6. The Bertz CT molecular complexity index is 427. The monoisotopic (exact) mass is 269 g/mol. The number of hydrogen-bond acceptors (Lipinski definition) is 5. The molecule has 0 radical (unpaired) electrons. The van der Waals surface area contributed by atoms with Crippen LogP contribution >= 0.6 is 11.3 Å². The van der Waals surface area contributed by atoms with E-state index in [1.54, 1.807) is 10.3 Å². The Morgan fingerprint density at radius 1 is 1.67 bits per heavy atom. The van der Waals surface area contributed by atoms with Gasteiger partial charge in [-0.1, -0.05) is 13.3 Å². The fourth-order valence-electron chi connectivity index (χ4n) is 2.24. The summed E-state index contributed by atoms with van der Waals surface area (Å²) in [6.07, 6.45) is 2.37. The van der Waals surface area contributed by atoms with Crippen molar-refractivity contribution in [1.29, 1.82) is 0 Å². The second-order valence-electron chi connectivity index (χ2n) is 4.80. The third-order valence-electron chi connectivity index (χ3n) is 3.10. The molecule has 0 bridgehead atoms. The summed E-state index contributed by atoms with van der Waals surface area (Å²) in [5.74, 6) is -0.0877. The lowest BCUT2D eigenvalue weighted by atomic mass is 9.89. The minimum Gasteiger partial charge on any atom is -0.386 e. The van der Waals surface area contributed by atoms with Crippen LogP contribution in [-0.2, 0) is 6.42 Å². The minimum atomic E-state index is -0.680. The Hall–Kier alpha value is -0.980. The molecule has 0 aromatic carbocycles. The zero-order chi connectivity index (χ0) is 13.2. The summed E-state index contributed by atoms with van der Waals surface area (Å²) in [5, 5.41) is 12.7. The number of aromatic nitrogens is 1. The van der Waals surface area contributed by atoms with Gasteiger partial charge in [0.25, 0.3) is 5.91 Å². The van der Waals surface area contributed by atoms with Crippen LogP contribution in [0.4, 0.5) is 0 Å². The molecule has 1 aliphatic heterocycles. The average molecular weight is 269 g/mol. The molecule has 1 aliphatic rings. The van der Waals surface area contributed by atoms with Crippen LogP contribution in [0.2, 0.25) is 0 Å². The molecule has 0 spiro atoms. The van der Waals surface area contributed by atoms with E-state index in [1.165, 1.54) is 11.3 Å². The topological polar surface area (TPSA) is 79.5 Å². The molecule has 2 rings (SSSR count). The third kappa shape index (κ3) is 2.71. The highest BCUT2D eigenvalue weighted by Gasteiger charge is 2.43. The SMILES string of the molecule is CCCC1(O)CN(C(=O)c2csc(CCN)n2)C1. The number of hydrogen-bond donors (Lipinski definition) is 2. The molecular formula is C12H19N3O2S. The Kier molecular flexibility index (Phi) is 3.99.